The Hall–Kier alpha value is -1.43. The van der Waals surface area contributed by atoms with Gasteiger partial charge in [0.2, 0.25) is 5.91 Å². The molecule has 10 heteroatoms. The van der Waals surface area contributed by atoms with E-state index in [0.717, 1.165) is 76.0 Å². The number of carbonyl (C=O) groups is 1. The zero-order valence-electron chi connectivity index (χ0n) is 19.4. The number of aryl methyl sites for hydroxylation is 1. The van der Waals surface area contributed by atoms with Crippen LogP contribution < -0.4 is 10.6 Å². The molecule has 0 radical (unpaired) electrons. The molecule has 1 amide bonds. The van der Waals surface area contributed by atoms with Crippen molar-refractivity contribution >= 4 is 35.8 Å². The van der Waals surface area contributed by atoms with Crippen LogP contribution in [0, 0.1) is 12.8 Å². The van der Waals surface area contributed by atoms with Gasteiger partial charge in [0.05, 0.1) is 6.10 Å². The van der Waals surface area contributed by atoms with Crippen LogP contribution in [0.3, 0.4) is 0 Å². The minimum absolute atomic E-state index is 0. The van der Waals surface area contributed by atoms with E-state index in [2.05, 4.69) is 25.7 Å². The number of rotatable bonds is 6. The number of halogens is 1. The Morgan fingerprint density at radius 3 is 2.66 bits per heavy atom. The molecule has 2 unspecified atom stereocenters. The minimum Gasteiger partial charge on any atom is -0.376 e. The van der Waals surface area contributed by atoms with E-state index in [9.17, 15) is 4.79 Å². The van der Waals surface area contributed by atoms with Crippen molar-refractivity contribution in [2.24, 2.45) is 18.0 Å². The SMILES string of the molecule is Cc1nnc(CN=C(NCC2CCCO2)NC2CCN(C(=O)C3CCCCC3)C2)n1C.I. The zero-order valence-corrected chi connectivity index (χ0v) is 21.7. The van der Waals surface area contributed by atoms with Crippen LogP contribution >= 0.6 is 24.0 Å². The molecule has 2 aliphatic heterocycles. The molecule has 3 fully saturated rings. The molecule has 0 bridgehead atoms. The monoisotopic (exact) mass is 559 g/mol. The molecule has 3 aliphatic rings. The standard InChI is InChI=1S/C22H37N7O2.HI/c1-16-26-27-20(28(16)2)14-24-22(23-13-19-9-6-12-31-19)25-18-10-11-29(15-18)21(30)17-7-4-3-5-8-17;/h17-19H,3-15H2,1-2H3,(H2,23,24,25);1H. The van der Waals surface area contributed by atoms with E-state index < -0.39 is 0 Å². The number of likely N-dealkylation sites (tertiary alicyclic amines) is 1. The minimum atomic E-state index is 0. The molecule has 4 rings (SSSR count). The average molecular weight is 559 g/mol. The summed E-state index contributed by atoms with van der Waals surface area (Å²) in [6.45, 7) is 5.54. The number of hydrogen-bond donors (Lipinski definition) is 2. The van der Waals surface area contributed by atoms with Gasteiger partial charge in [-0.3, -0.25) is 4.79 Å². The van der Waals surface area contributed by atoms with Gasteiger partial charge in [-0.25, -0.2) is 4.99 Å². The fourth-order valence-corrected chi connectivity index (χ4v) is 4.79. The Morgan fingerprint density at radius 1 is 1.16 bits per heavy atom. The highest BCUT2D eigenvalue weighted by atomic mass is 127. The third-order valence-corrected chi connectivity index (χ3v) is 6.88. The summed E-state index contributed by atoms with van der Waals surface area (Å²) >= 11 is 0. The van der Waals surface area contributed by atoms with Gasteiger partial charge in [-0.2, -0.15) is 0 Å². The molecule has 1 aromatic heterocycles. The lowest BCUT2D eigenvalue weighted by Gasteiger charge is -2.26. The van der Waals surface area contributed by atoms with E-state index in [-0.39, 0.29) is 42.0 Å². The van der Waals surface area contributed by atoms with Gasteiger partial charge >= 0.3 is 0 Å². The average Bonchev–Trinajstić information content (AvgIpc) is 3.54. The lowest BCUT2D eigenvalue weighted by molar-refractivity contribution is -0.135. The Labute approximate surface area is 208 Å². The summed E-state index contributed by atoms with van der Waals surface area (Å²) in [5.74, 6) is 3.05. The highest BCUT2D eigenvalue weighted by Gasteiger charge is 2.32. The first-order valence-corrected chi connectivity index (χ1v) is 11.9. The van der Waals surface area contributed by atoms with Crippen molar-refractivity contribution in [1.29, 1.82) is 0 Å². The van der Waals surface area contributed by atoms with E-state index in [1.54, 1.807) is 0 Å². The molecule has 180 valence electrons. The lowest BCUT2D eigenvalue weighted by Crippen LogP contribution is -2.47. The largest absolute Gasteiger partial charge is 0.376 e. The number of nitrogens with one attached hydrogen (secondary N) is 2. The fraction of sp³-hybridized carbons (Fsp3) is 0.818. The third kappa shape index (κ3) is 6.55. The highest BCUT2D eigenvalue weighted by molar-refractivity contribution is 14.0. The van der Waals surface area contributed by atoms with Gasteiger partial charge < -0.3 is 24.8 Å². The molecule has 2 saturated heterocycles. The van der Waals surface area contributed by atoms with E-state index in [1.807, 2.05) is 18.5 Å². The highest BCUT2D eigenvalue weighted by Crippen LogP contribution is 2.26. The first-order valence-electron chi connectivity index (χ1n) is 11.9. The van der Waals surface area contributed by atoms with Crippen molar-refractivity contribution < 1.29 is 9.53 Å². The number of hydrogen-bond acceptors (Lipinski definition) is 5. The molecule has 3 heterocycles. The number of carbonyl (C=O) groups excluding carboxylic acids is 1. The second-order valence-corrected chi connectivity index (χ2v) is 9.15. The van der Waals surface area contributed by atoms with Gasteiger partial charge in [-0.1, -0.05) is 19.3 Å². The number of aliphatic imine (C=N–C) groups is 1. The first-order chi connectivity index (χ1) is 15.1. The predicted molar refractivity (Wildman–Crippen MR) is 134 cm³/mol. The Bertz CT molecular complexity index is 772. The Balaban J connectivity index is 0.00000289. The zero-order chi connectivity index (χ0) is 21.6. The summed E-state index contributed by atoms with van der Waals surface area (Å²) in [7, 11) is 1.96. The Kier molecular flexibility index (Phi) is 9.57. The van der Waals surface area contributed by atoms with E-state index >= 15 is 0 Å². The van der Waals surface area contributed by atoms with Crippen LogP contribution in [0.15, 0.2) is 4.99 Å². The van der Waals surface area contributed by atoms with Crippen molar-refractivity contribution in [2.45, 2.75) is 77.0 Å². The molecular weight excluding hydrogens is 521 g/mol. The molecule has 2 atom stereocenters. The van der Waals surface area contributed by atoms with Gasteiger partial charge in [0, 0.05) is 45.2 Å². The molecule has 9 nitrogen and oxygen atoms in total. The van der Waals surface area contributed by atoms with Crippen LogP contribution in [0.5, 0.6) is 0 Å². The normalized spacial score (nSPS) is 24.4. The molecule has 32 heavy (non-hydrogen) atoms. The number of nitrogens with zero attached hydrogens (tertiary/aromatic N) is 5. The Morgan fingerprint density at radius 2 is 1.97 bits per heavy atom. The van der Waals surface area contributed by atoms with Crippen LogP contribution in [0.2, 0.25) is 0 Å². The quantitative estimate of drug-likeness (QED) is 0.315. The lowest BCUT2D eigenvalue weighted by atomic mass is 9.88. The number of guanidine groups is 1. The summed E-state index contributed by atoms with van der Waals surface area (Å²) < 4.78 is 7.71. The molecule has 0 spiro atoms. The first kappa shape index (κ1) is 25.2. The predicted octanol–water partition coefficient (Wildman–Crippen LogP) is 2.14. The fourth-order valence-electron chi connectivity index (χ4n) is 4.79. The number of ether oxygens (including phenoxy) is 1. The smallest absolute Gasteiger partial charge is 0.225 e. The molecule has 0 aromatic carbocycles. The van der Waals surface area contributed by atoms with E-state index in [4.69, 9.17) is 9.73 Å². The maximum atomic E-state index is 12.9. The topological polar surface area (TPSA) is 96.7 Å². The van der Waals surface area contributed by atoms with Crippen LogP contribution in [0.1, 0.15) is 63.0 Å². The van der Waals surface area contributed by atoms with E-state index in [1.165, 1.54) is 19.3 Å². The van der Waals surface area contributed by atoms with Crippen LogP contribution in [0.4, 0.5) is 0 Å². The number of amides is 1. The van der Waals surface area contributed by atoms with Crippen LogP contribution in [-0.4, -0.2) is 69.9 Å². The van der Waals surface area contributed by atoms with Gasteiger partial charge in [0.25, 0.3) is 0 Å². The van der Waals surface area contributed by atoms with Crippen LogP contribution in [-0.2, 0) is 23.1 Å². The maximum absolute atomic E-state index is 12.9. The summed E-state index contributed by atoms with van der Waals surface area (Å²) in [5.41, 5.74) is 0. The molecule has 1 aromatic rings. The summed E-state index contributed by atoms with van der Waals surface area (Å²) in [4.78, 5) is 19.7. The molecule has 2 N–H and O–H groups in total. The van der Waals surface area contributed by atoms with Crippen molar-refractivity contribution in [1.82, 2.24) is 30.3 Å². The van der Waals surface area contributed by atoms with Crippen LogP contribution in [0.25, 0.3) is 0 Å². The van der Waals surface area contributed by atoms with E-state index in [0.29, 0.717) is 12.5 Å². The maximum Gasteiger partial charge on any atom is 0.225 e. The van der Waals surface area contributed by atoms with Gasteiger partial charge in [-0.05, 0) is 39.0 Å². The summed E-state index contributed by atoms with van der Waals surface area (Å²) in [5, 5.41) is 15.3. The molecule has 1 aliphatic carbocycles. The molecular formula is C22H38IN7O2. The third-order valence-electron chi connectivity index (χ3n) is 6.88. The molecule has 1 saturated carbocycles. The van der Waals surface area contributed by atoms with Gasteiger partial charge in [-0.15, -0.1) is 34.2 Å². The van der Waals surface area contributed by atoms with Crippen molar-refractivity contribution in [2.75, 3.05) is 26.2 Å². The van der Waals surface area contributed by atoms with Crippen molar-refractivity contribution in [3.05, 3.63) is 11.6 Å². The van der Waals surface area contributed by atoms with Crippen molar-refractivity contribution in [3.63, 3.8) is 0 Å². The number of aromatic nitrogens is 3. The second kappa shape index (κ2) is 12.2. The van der Waals surface area contributed by atoms with Gasteiger partial charge in [0.1, 0.15) is 12.4 Å². The summed E-state index contributed by atoms with van der Waals surface area (Å²) in [6.07, 6.45) is 9.14. The van der Waals surface area contributed by atoms with Crippen molar-refractivity contribution in [3.8, 4) is 0 Å². The summed E-state index contributed by atoms with van der Waals surface area (Å²) in [6, 6.07) is 0.213. The second-order valence-electron chi connectivity index (χ2n) is 9.15. The van der Waals surface area contributed by atoms with Gasteiger partial charge in [0.15, 0.2) is 11.8 Å².